The molecule has 1 aliphatic rings. The molecule has 0 bridgehead atoms. The second kappa shape index (κ2) is 3.77. The van der Waals surface area contributed by atoms with Crippen molar-refractivity contribution in [3.63, 3.8) is 0 Å². The van der Waals surface area contributed by atoms with Crippen molar-refractivity contribution >= 4 is 5.82 Å². The van der Waals surface area contributed by atoms with Gasteiger partial charge in [-0.25, -0.2) is 9.97 Å². The first-order chi connectivity index (χ1) is 7.17. The Bertz CT molecular complexity index is 344. The van der Waals surface area contributed by atoms with E-state index in [1.807, 2.05) is 0 Å². The molecule has 0 radical (unpaired) electrons. The van der Waals surface area contributed by atoms with E-state index in [-0.39, 0.29) is 5.54 Å². The van der Waals surface area contributed by atoms with E-state index in [4.69, 9.17) is 5.73 Å². The van der Waals surface area contributed by atoms with Gasteiger partial charge in [0, 0.05) is 24.8 Å². The second-order valence-corrected chi connectivity index (χ2v) is 4.29. The predicted octanol–water partition coefficient (Wildman–Crippen LogP) is 0.966. The van der Waals surface area contributed by atoms with Crippen LogP contribution in [-0.4, -0.2) is 28.6 Å². The molecule has 1 aromatic heterocycles. The zero-order valence-electron chi connectivity index (χ0n) is 9.40. The molecule has 2 N–H and O–H groups in total. The van der Waals surface area contributed by atoms with Crippen molar-refractivity contribution in [3.8, 4) is 0 Å². The highest BCUT2D eigenvalue weighted by atomic mass is 15.3. The molecule has 0 spiro atoms. The third-order valence-electron chi connectivity index (χ3n) is 3.11. The minimum Gasteiger partial charge on any atom is -0.353 e. The topological polar surface area (TPSA) is 55.0 Å². The smallest absolute Gasteiger partial charge is 0.132 e. The van der Waals surface area contributed by atoms with Crippen LogP contribution in [0, 0.1) is 0 Å². The molecule has 1 fully saturated rings. The van der Waals surface area contributed by atoms with E-state index < -0.39 is 0 Å². The van der Waals surface area contributed by atoms with Gasteiger partial charge in [0.05, 0.1) is 5.54 Å². The van der Waals surface area contributed by atoms with Crippen LogP contribution < -0.4 is 10.6 Å². The molecular weight excluding hydrogens is 188 g/mol. The minimum atomic E-state index is -0.00265. The first-order valence-corrected chi connectivity index (χ1v) is 5.51. The summed E-state index contributed by atoms with van der Waals surface area (Å²) in [5, 5.41) is 0. The SMILES string of the molecule is CCc1cc(N2CC(N)(CC)C2)ncn1. The summed E-state index contributed by atoms with van der Waals surface area (Å²) in [7, 11) is 0. The maximum absolute atomic E-state index is 6.12. The van der Waals surface area contributed by atoms with E-state index in [9.17, 15) is 0 Å². The van der Waals surface area contributed by atoms with Gasteiger partial charge in [0.1, 0.15) is 12.1 Å². The molecule has 15 heavy (non-hydrogen) atoms. The average molecular weight is 206 g/mol. The lowest BCUT2D eigenvalue weighted by Gasteiger charge is -2.48. The summed E-state index contributed by atoms with van der Waals surface area (Å²) in [6.07, 6.45) is 3.61. The normalized spacial score (nSPS) is 18.7. The fourth-order valence-corrected chi connectivity index (χ4v) is 1.85. The number of hydrogen-bond donors (Lipinski definition) is 1. The van der Waals surface area contributed by atoms with Gasteiger partial charge < -0.3 is 10.6 Å². The molecule has 0 aromatic carbocycles. The van der Waals surface area contributed by atoms with E-state index >= 15 is 0 Å². The molecule has 0 saturated carbocycles. The maximum Gasteiger partial charge on any atom is 0.132 e. The summed E-state index contributed by atoms with van der Waals surface area (Å²) in [6.45, 7) is 6.05. The van der Waals surface area contributed by atoms with E-state index in [1.165, 1.54) is 0 Å². The minimum absolute atomic E-state index is 0.00265. The number of aromatic nitrogens is 2. The Hall–Kier alpha value is -1.16. The van der Waals surface area contributed by atoms with Crippen LogP contribution in [0.5, 0.6) is 0 Å². The number of hydrogen-bond acceptors (Lipinski definition) is 4. The summed E-state index contributed by atoms with van der Waals surface area (Å²) in [4.78, 5) is 10.7. The lowest BCUT2D eigenvalue weighted by molar-refractivity contribution is 0.320. The highest BCUT2D eigenvalue weighted by Gasteiger charge is 2.38. The monoisotopic (exact) mass is 206 g/mol. The predicted molar refractivity (Wildman–Crippen MR) is 60.8 cm³/mol. The third-order valence-corrected chi connectivity index (χ3v) is 3.11. The van der Waals surface area contributed by atoms with Crippen molar-refractivity contribution < 1.29 is 0 Å². The molecular formula is C11H18N4. The Kier molecular flexibility index (Phi) is 2.61. The molecule has 4 heteroatoms. The van der Waals surface area contributed by atoms with Gasteiger partial charge in [0.2, 0.25) is 0 Å². The summed E-state index contributed by atoms with van der Waals surface area (Å²) >= 11 is 0. The molecule has 0 unspecified atom stereocenters. The van der Waals surface area contributed by atoms with E-state index in [0.717, 1.165) is 37.4 Å². The van der Waals surface area contributed by atoms with Crippen LogP contribution in [0.2, 0.25) is 0 Å². The van der Waals surface area contributed by atoms with Gasteiger partial charge in [-0.2, -0.15) is 0 Å². The quantitative estimate of drug-likeness (QED) is 0.800. The molecule has 0 aliphatic carbocycles. The fourth-order valence-electron chi connectivity index (χ4n) is 1.85. The highest BCUT2D eigenvalue weighted by Crippen LogP contribution is 2.26. The Morgan fingerprint density at radius 1 is 1.40 bits per heavy atom. The van der Waals surface area contributed by atoms with Crippen molar-refractivity contribution in [2.45, 2.75) is 32.2 Å². The molecule has 1 saturated heterocycles. The fraction of sp³-hybridized carbons (Fsp3) is 0.636. The molecule has 1 aliphatic heterocycles. The Morgan fingerprint density at radius 2 is 2.13 bits per heavy atom. The summed E-state index contributed by atoms with van der Waals surface area (Å²) < 4.78 is 0. The number of anilines is 1. The Labute approximate surface area is 90.5 Å². The van der Waals surface area contributed by atoms with Crippen LogP contribution in [0.3, 0.4) is 0 Å². The largest absolute Gasteiger partial charge is 0.353 e. The van der Waals surface area contributed by atoms with Crippen LogP contribution in [0.15, 0.2) is 12.4 Å². The van der Waals surface area contributed by atoms with E-state index in [1.54, 1.807) is 6.33 Å². The molecule has 4 nitrogen and oxygen atoms in total. The Morgan fingerprint density at radius 3 is 2.73 bits per heavy atom. The van der Waals surface area contributed by atoms with Crippen molar-refractivity contribution in [1.29, 1.82) is 0 Å². The van der Waals surface area contributed by atoms with Crippen LogP contribution in [-0.2, 0) is 6.42 Å². The summed E-state index contributed by atoms with van der Waals surface area (Å²) in [6, 6.07) is 2.05. The molecule has 1 aromatic rings. The maximum atomic E-state index is 6.12. The van der Waals surface area contributed by atoms with Crippen LogP contribution in [0.25, 0.3) is 0 Å². The van der Waals surface area contributed by atoms with Crippen LogP contribution in [0.4, 0.5) is 5.82 Å². The van der Waals surface area contributed by atoms with Gasteiger partial charge in [-0.1, -0.05) is 13.8 Å². The van der Waals surface area contributed by atoms with Crippen molar-refractivity contribution in [1.82, 2.24) is 9.97 Å². The van der Waals surface area contributed by atoms with Gasteiger partial charge >= 0.3 is 0 Å². The third kappa shape index (κ3) is 1.95. The van der Waals surface area contributed by atoms with Crippen molar-refractivity contribution in [2.75, 3.05) is 18.0 Å². The molecule has 2 rings (SSSR count). The number of rotatable bonds is 3. The molecule has 82 valence electrons. The van der Waals surface area contributed by atoms with Crippen LogP contribution >= 0.6 is 0 Å². The first-order valence-electron chi connectivity index (χ1n) is 5.51. The van der Waals surface area contributed by atoms with Gasteiger partial charge in [0.25, 0.3) is 0 Å². The summed E-state index contributed by atoms with van der Waals surface area (Å²) in [5.41, 5.74) is 7.20. The van der Waals surface area contributed by atoms with Crippen LogP contribution in [0.1, 0.15) is 26.0 Å². The first kappa shape index (κ1) is 10.4. The zero-order chi connectivity index (χ0) is 10.9. The van der Waals surface area contributed by atoms with Crippen molar-refractivity contribution in [2.24, 2.45) is 5.73 Å². The lowest BCUT2D eigenvalue weighted by Crippen LogP contribution is -2.67. The zero-order valence-corrected chi connectivity index (χ0v) is 9.40. The highest BCUT2D eigenvalue weighted by molar-refractivity contribution is 5.44. The number of aryl methyl sites for hydroxylation is 1. The van der Waals surface area contributed by atoms with E-state index in [0.29, 0.717) is 0 Å². The standard InChI is InChI=1S/C11H18N4/c1-3-9-5-10(14-8-13-9)15-6-11(12,4-2)7-15/h5,8H,3-4,6-7,12H2,1-2H3. The lowest BCUT2D eigenvalue weighted by atomic mass is 9.88. The molecule has 0 atom stereocenters. The van der Waals surface area contributed by atoms with Gasteiger partial charge in [-0.05, 0) is 12.8 Å². The Balaban J connectivity index is 2.06. The van der Waals surface area contributed by atoms with Gasteiger partial charge in [-0.3, -0.25) is 0 Å². The van der Waals surface area contributed by atoms with E-state index in [2.05, 4.69) is 34.8 Å². The summed E-state index contributed by atoms with van der Waals surface area (Å²) in [5.74, 6) is 1.01. The number of nitrogens with two attached hydrogens (primary N) is 1. The van der Waals surface area contributed by atoms with Crippen molar-refractivity contribution in [3.05, 3.63) is 18.1 Å². The number of nitrogens with zero attached hydrogens (tertiary/aromatic N) is 3. The second-order valence-electron chi connectivity index (χ2n) is 4.29. The molecule has 2 heterocycles. The molecule has 0 amide bonds. The average Bonchev–Trinajstić information content (AvgIpc) is 2.25. The van der Waals surface area contributed by atoms with Gasteiger partial charge in [-0.15, -0.1) is 0 Å². The van der Waals surface area contributed by atoms with Gasteiger partial charge in [0.15, 0.2) is 0 Å².